The predicted molar refractivity (Wildman–Crippen MR) is 86.9 cm³/mol. The van der Waals surface area contributed by atoms with Gasteiger partial charge in [-0.2, -0.15) is 4.68 Å². The number of tetrazole rings is 1. The summed E-state index contributed by atoms with van der Waals surface area (Å²) in [5.41, 5.74) is 0.757. The van der Waals surface area contributed by atoms with E-state index < -0.39 is 0 Å². The summed E-state index contributed by atoms with van der Waals surface area (Å²) in [5, 5.41) is 12.3. The lowest BCUT2D eigenvalue weighted by Gasteiger charge is -2.26. The summed E-state index contributed by atoms with van der Waals surface area (Å²) in [7, 11) is 1.61. The molecule has 7 nitrogen and oxygen atoms in total. The van der Waals surface area contributed by atoms with Gasteiger partial charge >= 0.3 is 0 Å². The SMILES string of the molecule is COc1ccccc1-n1nnnc1SCC(=O)N1CCCCC1. The fourth-order valence-electron chi connectivity index (χ4n) is 2.59. The third-order valence-electron chi connectivity index (χ3n) is 3.79. The monoisotopic (exact) mass is 333 g/mol. The van der Waals surface area contributed by atoms with E-state index >= 15 is 0 Å². The molecule has 0 unspecified atom stereocenters. The first-order valence-corrected chi connectivity index (χ1v) is 8.60. The largest absolute Gasteiger partial charge is 0.494 e. The predicted octanol–water partition coefficient (Wildman–Crippen LogP) is 1.78. The molecule has 0 radical (unpaired) electrons. The number of likely N-dealkylation sites (tertiary alicyclic amines) is 1. The molecule has 0 saturated carbocycles. The first-order valence-electron chi connectivity index (χ1n) is 7.62. The molecule has 0 aliphatic carbocycles. The molecule has 1 aliphatic heterocycles. The van der Waals surface area contributed by atoms with E-state index in [1.54, 1.807) is 11.8 Å². The van der Waals surface area contributed by atoms with Gasteiger partial charge in [0.05, 0.1) is 12.9 Å². The number of aromatic nitrogens is 4. The van der Waals surface area contributed by atoms with E-state index in [9.17, 15) is 4.79 Å². The minimum absolute atomic E-state index is 0.143. The topological polar surface area (TPSA) is 73.1 Å². The molecule has 2 heterocycles. The van der Waals surface area contributed by atoms with Crippen molar-refractivity contribution >= 4 is 17.7 Å². The van der Waals surface area contributed by atoms with Gasteiger partial charge in [-0.1, -0.05) is 23.9 Å². The smallest absolute Gasteiger partial charge is 0.233 e. The van der Waals surface area contributed by atoms with Crippen LogP contribution in [-0.2, 0) is 4.79 Å². The number of carbonyl (C=O) groups is 1. The van der Waals surface area contributed by atoms with Crippen molar-refractivity contribution in [1.82, 2.24) is 25.1 Å². The maximum absolute atomic E-state index is 12.3. The van der Waals surface area contributed by atoms with Gasteiger partial charge in [-0.05, 0) is 41.8 Å². The lowest BCUT2D eigenvalue weighted by Crippen LogP contribution is -2.36. The summed E-state index contributed by atoms with van der Waals surface area (Å²) in [6.07, 6.45) is 3.40. The van der Waals surface area contributed by atoms with E-state index in [1.807, 2.05) is 29.2 Å². The van der Waals surface area contributed by atoms with Crippen molar-refractivity contribution in [2.45, 2.75) is 24.4 Å². The van der Waals surface area contributed by atoms with Gasteiger partial charge in [-0.25, -0.2) is 0 Å². The van der Waals surface area contributed by atoms with Gasteiger partial charge in [0.25, 0.3) is 0 Å². The van der Waals surface area contributed by atoms with Gasteiger partial charge in [0.2, 0.25) is 11.1 Å². The molecule has 1 aromatic heterocycles. The Labute approximate surface area is 139 Å². The standard InChI is InChI=1S/C15H19N5O2S/c1-22-13-8-4-3-7-12(13)20-15(16-17-18-20)23-11-14(21)19-9-5-2-6-10-19/h3-4,7-8H,2,5-6,9-11H2,1H3. The second kappa shape index (κ2) is 7.45. The average Bonchev–Trinajstić information content (AvgIpc) is 3.08. The maximum atomic E-state index is 12.3. The number of hydrogen-bond acceptors (Lipinski definition) is 6. The molecule has 1 aliphatic rings. The quantitative estimate of drug-likeness (QED) is 0.777. The molecule has 0 spiro atoms. The minimum Gasteiger partial charge on any atom is -0.494 e. The summed E-state index contributed by atoms with van der Waals surface area (Å²) in [6.45, 7) is 1.72. The summed E-state index contributed by atoms with van der Waals surface area (Å²) in [4.78, 5) is 14.2. The second-order valence-electron chi connectivity index (χ2n) is 5.28. The lowest BCUT2D eigenvalue weighted by molar-refractivity contribution is -0.129. The van der Waals surface area contributed by atoms with E-state index in [0.29, 0.717) is 16.7 Å². The number of amides is 1. The Morgan fingerprint density at radius 2 is 2.04 bits per heavy atom. The molecule has 23 heavy (non-hydrogen) atoms. The molecule has 1 amide bonds. The van der Waals surface area contributed by atoms with Crippen LogP contribution in [0.25, 0.3) is 5.69 Å². The van der Waals surface area contributed by atoms with Gasteiger partial charge in [0, 0.05) is 13.1 Å². The number of rotatable bonds is 5. The van der Waals surface area contributed by atoms with Crippen LogP contribution in [0.2, 0.25) is 0 Å². The molecule has 3 rings (SSSR count). The second-order valence-corrected chi connectivity index (χ2v) is 6.22. The Morgan fingerprint density at radius 1 is 1.26 bits per heavy atom. The Bertz CT molecular complexity index is 669. The zero-order valence-electron chi connectivity index (χ0n) is 13.0. The van der Waals surface area contributed by atoms with Crippen LogP contribution in [0, 0.1) is 0 Å². The van der Waals surface area contributed by atoms with E-state index in [1.165, 1.54) is 18.2 Å². The summed E-state index contributed by atoms with van der Waals surface area (Å²) >= 11 is 1.35. The zero-order chi connectivity index (χ0) is 16.1. The van der Waals surface area contributed by atoms with E-state index in [0.717, 1.165) is 31.6 Å². The molecule has 1 aromatic carbocycles. The lowest BCUT2D eigenvalue weighted by atomic mass is 10.1. The Hall–Kier alpha value is -2.09. The summed E-state index contributed by atoms with van der Waals surface area (Å²) < 4.78 is 6.95. The summed E-state index contributed by atoms with van der Waals surface area (Å²) in [6, 6.07) is 7.52. The number of nitrogens with zero attached hydrogens (tertiary/aromatic N) is 5. The average molecular weight is 333 g/mol. The highest BCUT2D eigenvalue weighted by atomic mass is 32.2. The highest BCUT2D eigenvalue weighted by molar-refractivity contribution is 7.99. The van der Waals surface area contributed by atoms with Crippen molar-refractivity contribution in [2.75, 3.05) is 26.0 Å². The number of ether oxygens (including phenoxy) is 1. The number of piperidine rings is 1. The van der Waals surface area contributed by atoms with Gasteiger partial charge in [0.15, 0.2) is 0 Å². The number of thioether (sulfide) groups is 1. The number of hydrogen-bond donors (Lipinski definition) is 0. The number of para-hydroxylation sites is 2. The van der Waals surface area contributed by atoms with Gasteiger partial charge in [0.1, 0.15) is 11.4 Å². The first kappa shape index (κ1) is 15.8. The molecule has 122 valence electrons. The molecule has 0 atom stereocenters. The number of carbonyl (C=O) groups excluding carboxylic acids is 1. The van der Waals surface area contributed by atoms with Crippen molar-refractivity contribution in [1.29, 1.82) is 0 Å². The van der Waals surface area contributed by atoms with Crippen LogP contribution in [0.15, 0.2) is 29.4 Å². The highest BCUT2D eigenvalue weighted by Crippen LogP contribution is 2.25. The van der Waals surface area contributed by atoms with Crippen molar-refractivity contribution in [3.05, 3.63) is 24.3 Å². The molecule has 8 heteroatoms. The normalized spacial score (nSPS) is 14.7. The van der Waals surface area contributed by atoms with Gasteiger partial charge in [-0.15, -0.1) is 5.10 Å². The molecule has 1 fully saturated rings. The number of benzene rings is 1. The van der Waals surface area contributed by atoms with E-state index in [-0.39, 0.29) is 5.91 Å². The third kappa shape index (κ3) is 3.64. The Kier molecular flexibility index (Phi) is 5.12. The fourth-order valence-corrected chi connectivity index (χ4v) is 3.37. The molecule has 1 saturated heterocycles. The van der Waals surface area contributed by atoms with Gasteiger partial charge < -0.3 is 9.64 Å². The van der Waals surface area contributed by atoms with Crippen molar-refractivity contribution < 1.29 is 9.53 Å². The Balaban J connectivity index is 1.70. The van der Waals surface area contributed by atoms with E-state index in [4.69, 9.17) is 4.74 Å². The molecule has 0 N–H and O–H groups in total. The molecule has 2 aromatic rings. The third-order valence-corrected chi connectivity index (χ3v) is 4.69. The van der Waals surface area contributed by atoms with Crippen LogP contribution in [0.5, 0.6) is 5.75 Å². The van der Waals surface area contributed by atoms with Crippen LogP contribution in [-0.4, -0.2) is 57.0 Å². The summed E-state index contributed by atoms with van der Waals surface area (Å²) in [5.74, 6) is 1.17. The maximum Gasteiger partial charge on any atom is 0.233 e. The van der Waals surface area contributed by atoms with Crippen molar-refractivity contribution in [2.24, 2.45) is 0 Å². The molecular weight excluding hydrogens is 314 g/mol. The van der Waals surface area contributed by atoms with Crippen LogP contribution in [0.1, 0.15) is 19.3 Å². The Morgan fingerprint density at radius 3 is 2.83 bits per heavy atom. The van der Waals surface area contributed by atoms with Crippen LogP contribution in [0.4, 0.5) is 0 Å². The first-order chi connectivity index (χ1) is 11.3. The van der Waals surface area contributed by atoms with E-state index in [2.05, 4.69) is 15.5 Å². The van der Waals surface area contributed by atoms with Crippen molar-refractivity contribution in [3.8, 4) is 11.4 Å². The highest BCUT2D eigenvalue weighted by Gasteiger charge is 2.19. The fraction of sp³-hybridized carbons (Fsp3) is 0.467. The van der Waals surface area contributed by atoms with Crippen molar-refractivity contribution in [3.63, 3.8) is 0 Å². The minimum atomic E-state index is 0.143. The van der Waals surface area contributed by atoms with Gasteiger partial charge in [-0.3, -0.25) is 4.79 Å². The zero-order valence-corrected chi connectivity index (χ0v) is 13.8. The molecule has 0 bridgehead atoms. The van der Waals surface area contributed by atoms with Crippen LogP contribution < -0.4 is 4.74 Å². The number of methoxy groups -OCH3 is 1. The van der Waals surface area contributed by atoms with Crippen LogP contribution >= 0.6 is 11.8 Å². The van der Waals surface area contributed by atoms with Crippen LogP contribution in [0.3, 0.4) is 0 Å². The molecular formula is C15H19N5O2S.